The summed E-state index contributed by atoms with van der Waals surface area (Å²) >= 11 is 3.42. The first-order chi connectivity index (χ1) is 9.32. The third-order valence-electron chi connectivity index (χ3n) is 2.86. The Morgan fingerprint density at radius 2 is 2.00 bits per heavy atom. The summed E-state index contributed by atoms with van der Waals surface area (Å²) in [7, 11) is 1.63. The van der Waals surface area contributed by atoms with E-state index in [4.69, 9.17) is 0 Å². The van der Waals surface area contributed by atoms with Crippen LogP contribution in [0.5, 0.6) is 0 Å². The van der Waals surface area contributed by atoms with Crippen LogP contribution in [0.15, 0.2) is 22.7 Å². The van der Waals surface area contributed by atoms with Gasteiger partial charge in [0.05, 0.1) is 12.1 Å². The Labute approximate surface area is 128 Å². The number of hydrogen-bond donors (Lipinski definition) is 1. The molecule has 1 aromatic rings. The predicted molar refractivity (Wildman–Crippen MR) is 83.7 cm³/mol. The summed E-state index contributed by atoms with van der Waals surface area (Å²) < 4.78 is 0.777. The third-order valence-corrected chi connectivity index (χ3v) is 3.91. The molecular weight excluding hydrogens is 320 g/mol. The molecule has 0 unspecified atom stereocenters. The summed E-state index contributed by atoms with van der Waals surface area (Å²) in [5, 5.41) is 2.80. The molecule has 0 heterocycles. The van der Waals surface area contributed by atoms with E-state index in [0.29, 0.717) is 18.0 Å². The second-order valence-electron chi connectivity index (χ2n) is 5.30. The normalized spacial score (nSPS) is 10.5. The van der Waals surface area contributed by atoms with Crippen molar-refractivity contribution in [3.05, 3.63) is 33.8 Å². The first kappa shape index (κ1) is 16.7. The molecule has 0 bridgehead atoms. The number of aryl methyl sites for hydroxylation is 1. The summed E-state index contributed by atoms with van der Waals surface area (Å²) in [5.74, 6) is 0.0875. The first-order valence-corrected chi connectivity index (χ1v) is 7.39. The lowest BCUT2D eigenvalue weighted by atomic mass is 10.1. The predicted octanol–water partition coefficient (Wildman–Crippen LogP) is 2.60. The Balaban J connectivity index is 2.67. The first-order valence-electron chi connectivity index (χ1n) is 6.60. The van der Waals surface area contributed by atoms with Crippen LogP contribution < -0.4 is 5.32 Å². The zero-order chi connectivity index (χ0) is 15.3. The van der Waals surface area contributed by atoms with Gasteiger partial charge < -0.3 is 10.2 Å². The number of nitrogens with one attached hydrogen (secondary N) is 1. The Kier molecular flexibility index (Phi) is 6.20. The van der Waals surface area contributed by atoms with Gasteiger partial charge in [-0.1, -0.05) is 26.0 Å². The number of carbonyl (C=O) groups excluding carboxylic acids is 2. The van der Waals surface area contributed by atoms with Crippen molar-refractivity contribution < 1.29 is 9.59 Å². The van der Waals surface area contributed by atoms with Gasteiger partial charge in [0.1, 0.15) is 0 Å². The zero-order valence-corrected chi connectivity index (χ0v) is 14.0. The minimum Gasteiger partial charge on any atom is -0.354 e. The van der Waals surface area contributed by atoms with Crippen molar-refractivity contribution in [3.63, 3.8) is 0 Å². The van der Waals surface area contributed by atoms with Gasteiger partial charge in [0.2, 0.25) is 5.91 Å². The summed E-state index contributed by atoms with van der Waals surface area (Å²) in [6.07, 6.45) is 0. The molecule has 1 N–H and O–H groups in total. The molecule has 20 heavy (non-hydrogen) atoms. The van der Waals surface area contributed by atoms with E-state index < -0.39 is 0 Å². The number of halogens is 1. The quantitative estimate of drug-likeness (QED) is 0.895. The fraction of sp³-hybridized carbons (Fsp3) is 0.467. The molecule has 4 nitrogen and oxygen atoms in total. The van der Waals surface area contributed by atoms with Crippen LogP contribution in [0.1, 0.15) is 29.8 Å². The van der Waals surface area contributed by atoms with Crippen LogP contribution in [0.2, 0.25) is 0 Å². The molecule has 0 atom stereocenters. The van der Waals surface area contributed by atoms with E-state index in [2.05, 4.69) is 21.2 Å². The molecule has 5 heteroatoms. The number of amides is 2. The van der Waals surface area contributed by atoms with Gasteiger partial charge in [-0.25, -0.2) is 0 Å². The van der Waals surface area contributed by atoms with Gasteiger partial charge in [0.15, 0.2) is 0 Å². The van der Waals surface area contributed by atoms with Gasteiger partial charge in [0, 0.05) is 18.1 Å². The summed E-state index contributed by atoms with van der Waals surface area (Å²) in [5.41, 5.74) is 1.57. The van der Waals surface area contributed by atoms with Gasteiger partial charge in [-0.05, 0) is 40.4 Å². The fourth-order valence-electron chi connectivity index (χ4n) is 1.68. The number of rotatable bonds is 5. The van der Waals surface area contributed by atoms with Crippen LogP contribution in [0.4, 0.5) is 0 Å². The molecule has 110 valence electrons. The van der Waals surface area contributed by atoms with Crippen molar-refractivity contribution in [3.8, 4) is 0 Å². The van der Waals surface area contributed by atoms with E-state index in [1.165, 1.54) is 4.90 Å². The monoisotopic (exact) mass is 340 g/mol. The molecule has 1 rings (SSSR count). The van der Waals surface area contributed by atoms with E-state index in [1.807, 2.05) is 32.9 Å². The highest BCUT2D eigenvalue weighted by Gasteiger charge is 2.17. The summed E-state index contributed by atoms with van der Waals surface area (Å²) in [4.78, 5) is 25.5. The van der Waals surface area contributed by atoms with Crippen LogP contribution in [0.25, 0.3) is 0 Å². The maximum atomic E-state index is 12.3. The molecule has 0 aliphatic carbocycles. The van der Waals surface area contributed by atoms with Gasteiger partial charge >= 0.3 is 0 Å². The van der Waals surface area contributed by atoms with Crippen LogP contribution in [-0.2, 0) is 4.79 Å². The van der Waals surface area contributed by atoms with E-state index in [9.17, 15) is 9.59 Å². The molecule has 0 aromatic heterocycles. The van der Waals surface area contributed by atoms with Crippen LogP contribution in [0.3, 0.4) is 0 Å². The van der Waals surface area contributed by atoms with Gasteiger partial charge in [-0.15, -0.1) is 0 Å². The Morgan fingerprint density at radius 1 is 1.35 bits per heavy atom. The molecule has 0 fully saturated rings. The highest BCUT2D eigenvalue weighted by Crippen LogP contribution is 2.22. The lowest BCUT2D eigenvalue weighted by Crippen LogP contribution is -2.39. The fourth-order valence-corrected chi connectivity index (χ4v) is 2.11. The van der Waals surface area contributed by atoms with Crippen molar-refractivity contribution in [2.24, 2.45) is 5.92 Å². The van der Waals surface area contributed by atoms with E-state index in [1.54, 1.807) is 13.1 Å². The number of likely N-dealkylation sites (N-methyl/N-ethyl adjacent to an activating group) is 1. The maximum Gasteiger partial charge on any atom is 0.255 e. The number of hydrogen-bond acceptors (Lipinski definition) is 2. The van der Waals surface area contributed by atoms with Crippen molar-refractivity contribution in [1.29, 1.82) is 0 Å². The molecule has 0 spiro atoms. The lowest BCUT2D eigenvalue weighted by molar-refractivity contribution is -0.121. The Morgan fingerprint density at radius 3 is 2.60 bits per heavy atom. The minimum absolute atomic E-state index is 0.0614. The molecule has 0 saturated heterocycles. The highest BCUT2D eigenvalue weighted by molar-refractivity contribution is 9.10. The number of carbonyl (C=O) groups is 2. The molecular formula is C15H21BrN2O2. The van der Waals surface area contributed by atoms with E-state index in [-0.39, 0.29) is 18.4 Å². The third kappa shape index (κ3) is 4.63. The van der Waals surface area contributed by atoms with Crippen LogP contribution in [-0.4, -0.2) is 36.9 Å². The van der Waals surface area contributed by atoms with Crippen LogP contribution in [0, 0.1) is 12.8 Å². The standard InChI is InChI=1S/C15H21BrN2O2/c1-10(2)8-17-13(19)9-18(4)15(20)12-7-5-6-11(3)14(12)16/h5-7,10H,8-9H2,1-4H3,(H,17,19). The number of nitrogens with zero attached hydrogens (tertiary/aromatic N) is 1. The SMILES string of the molecule is Cc1cccc(C(=O)N(C)CC(=O)NCC(C)C)c1Br. The average Bonchev–Trinajstić information content (AvgIpc) is 2.38. The molecule has 1 aromatic carbocycles. The van der Waals surface area contributed by atoms with E-state index >= 15 is 0 Å². The second kappa shape index (κ2) is 7.43. The van der Waals surface area contributed by atoms with E-state index in [0.717, 1.165) is 10.0 Å². The maximum absolute atomic E-state index is 12.3. The lowest BCUT2D eigenvalue weighted by Gasteiger charge is -2.18. The van der Waals surface area contributed by atoms with Gasteiger partial charge in [-0.2, -0.15) is 0 Å². The van der Waals surface area contributed by atoms with Crippen molar-refractivity contribution in [2.75, 3.05) is 20.1 Å². The summed E-state index contributed by atoms with van der Waals surface area (Å²) in [6.45, 7) is 6.66. The van der Waals surface area contributed by atoms with Crippen LogP contribution >= 0.6 is 15.9 Å². The van der Waals surface area contributed by atoms with Crippen molar-refractivity contribution in [1.82, 2.24) is 10.2 Å². The molecule has 2 amide bonds. The zero-order valence-electron chi connectivity index (χ0n) is 12.4. The van der Waals surface area contributed by atoms with Crippen molar-refractivity contribution in [2.45, 2.75) is 20.8 Å². The molecule has 0 aliphatic heterocycles. The average molecular weight is 341 g/mol. The Hall–Kier alpha value is -1.36. The van der Waals surface area contributed by atoms with Gasteiger partial charge in [-0.3, -0.25) is 9.59 Å². The molecule has 0 aliphatic rings. The van der Waals surface area contributed by atoms with Gasteiger partial charge in [0.25, 0.3) is 5.91 Å². The molecule has 0 saturated carbocycles. The second-order valence-corrected chi connectivity index (χ2v) is 6.09. The summed E-state index contributed by atoms with van der Waals surface area (Å²) in [6, 6.07) is 5.51. The topological polar surface area (TPSA) is 49.4 Å². The minimum atomic E-state index is -0.166. The number of benzene rings is 1. The smallest absolute Gasteiger partial charge is 0.255 e. The van der Waals surface area contributed by atoms with Crippen molar-refractivity contribution >= 4 is 27.7 Å². The Bertz CT molecular complexity index is 501. The highest BCUT2D eigenvalue weighted by atomic mass is 79.9. The largest absolute Gasteiger partial charge is 0.354 e. The molecule has 0 radical (unpaired) electrons.